The predicted octanol–water partition coefficient (Wildman–Crippen LogP) is 2.24. The van der Waals surface area contributed by atoms with Crippen molar-refractivity contribution in [2.45, 2.75) is 6.04 Å². The third kappa shape index (κ3) is 3.25. The topological polar surface area (TPSA) is 70.6 Å². The highest BCUT2D eigenvalue weighted by molar-refractivity contribution is 6.29. The molecule has 2 amide bonds. The number of rotatable bonds is 3. The lowest BCUT2D eigenvalue weighted by molar-refractivity contribution is 0.122. The molecule has 2 saturated heterocycles. The summed E-state index contributed by atoms with van der Waals surface area (Å²) in [5.74, 6) is 0.582. The quantitative estimate of drug-likeness (QED) is 0.851. The summed E-state index contributed by atoms with van der Waals surface area (Å²) in [5, 5.41) is 3.26. The molecule has 8 heteroatoms. The minimum absolute atomic E-state index is 0.140. The van der Waals surface area contributed by atoms with Gasteiger partial charge in [-0.3, -0.25) is 4.90 Å². The van der Waals surface area contributed by atoms with E-state index < -0.39 is 0 Å². The number of hydrogen-bond donors (Lipinski definition) is 1. The predicted molar refractivity (Wildman–Crippen MR) is 95.1 cm³/mol. The van der Waals surface area contributed by atoms with Gasteiger partial charge in [0.1, 0.15) is 5.15 Å². The molecule has 1 unspecified atom stereocenters. The van der Waals surface area contributed by atoms with Crippen molar-refractivity contribution in [2.75, 3.05) is 42.6 Å². The molecule has 4 rings (SSSR count). The summed E-state index contributed by atoms with van der Waals surface area (Å²) in [7, 11) is 0. The maximum atomic E-state index is 12.3. The largest absolute Gasteiger partial charge is 0.378 e. The molecule has 3 heterocycles. The van der Waals surface area contributed by atoms with Gasteiger partial charge in [0.2, 0.25) is 5.95 Å². The Labute approximate surface area is 150 Å². The number of amides is 2. The molecule has 0 saturated carbocycles. The molecule has 0 spiro atoms. The molecular formula is C17H18ClN5O2. The van der Waals surface area contributed by atoms with Crippen LogP contribution in [0.1, 0.15) is 11.7 Å². The van der Waals surface area contributed by atoms with Crippen LogP contribution in [0.25, 0.3) is 0 Å². The first-order chi connectivity index (χ1) is 12.2. The van der Waals surface area contributed by atoms with E-state index in [0.717, 1.165) is 24.5 Å². The van der Waals surface area contributed by atoms with E-state index in [9.17, 15) is 4.79 Å². The number of aromatic nitrogens is 2. The lowest BCUT2D eigenvalue weighted by atomic mass is 10.1. The van der Waals surface area contributed by atoms with Gasteiger partial charge in [-0.25, -0.2) is 14.8 Å². The van der Waals surface area contributed by atoms with Gasteiger partial charge in [-0.2, -0.15) is 0 Å². The van der Waals surface area contributed by atoms with Crippen LogP contribution in [0.2, 0.25) is 5.15 Å². The van der Waals surface area contributed by atoms with Crippen LogP contribution < -0.4 is 15.1 Å². The van der Waals surface area contributed by atoms with Gasteiger partial charge in [0.15, 0.2) is 0 Å². The zero-order valence-electron chi connectivity index (χ0n) is 13.6. The highest BCUT2D eigenvalue weighted by Crippen LogP contribution is 2.31. The summed E-state index contributed by atoms with van der Waals surface area (Å²) in [5.41, 5.74) is 1.55. The first-order valence-corrected chi connectivity index (χ1v) is 8.59. The summed E-state index contributed by atoms with van der Waals surface area (Å²) in [6.07, 6.45) is 0. The van der Waals surface area contributed by atoms with Gasteiger partial charge in [-0.1, -0.05) is 29.8 Å². The van der Waals surface area contributed by atoms with E-state index in [4.69, 9.17) is 21.3 Å². The summed E-state index contributed by atoms with van der Waals surface area (Å²) in [4.78, 5) is 25.1. The molecule has 2 aromatic rings. The minimum Gasteiger partial charge on any atom is -0.378 e. The van der Waals surface area contributed by atoms with Crippen LogP contribution in [-0.2, 0) is 4.74 Å². The van der Waals surface area contributed by atoms with Crippen molar-refractivity contribution in [1.82, 2.24) is 15.3 Å². The monoisotopic (exact) mass is 359 g/mol. The fraction of sp³-hybridized carbons (Fsp3) is 0.353. The third-order valence-electron chi connectivity index (χ3n) is 4.35. The van der Waals surface area contributed by atoms with Crippen LogP contribution >= 0.6 is 11.6 Å². The standard InChI is InChI=1S/C17H18ClN5O2/c18-15-10-13(20-16(21-15)22-6-8-25-9-7-22)14-11-19-17(24)23(14)12-4-2-1-3-5-12/h1-5,10,14H,6-9,11H2,(H,19,24). The van der Waals surface area contributed by atoms with Crippen molar-refractivity contribution in [1.29, 1.82) is 0 Å². The number of nitrogens with one attached hydrogen (secondary N) is 1. The van der Waals surface area contributed by atoms with Crippen molar-refractivity contribution in [2.24, 2.45) is 0 Å². The number of benzene rings is 1. The average molecular weight is 360 g/mol. The maximum absolute atomic E-state index is 12.3. The Bertz CT molecular complexity index is 767. The van der Waals surface area contributed by atoms with E-state index in [-0.39, 0.29) is 12.1 Å². The number of para-hydroxylation sites is 1. The van der Waals surface area contributed by atoms with Gasteiger partial charge < -0.3 is 15.0 Å². The van der Waals surface area contributed by atoms with Crippen molar-refractivity contribution in [3.63, 3.8) is 0 Å². The van der Waals surface area contributed by atoms with Crippen molar-refractivity contribution in [3.05, 3.63) is 47.2 Å². The van der Waals surface area contributed by atoms with Gasteiger partial charge in [-0.05, 0) is 18.2 Å². The molecule has 0 radical (unpaired) electrons. The van der Waals surface area contributed by atoms with Gasteiger partial charge in [0.05, 0.1) is 24.9 Å². The number of anilines is 2. The lowest BCUT2D eigenvalue weighted by Gasteiger charge is -2.28. The van der Waals surface area contributed by atoms with Gasteiger partial charge in [0.25, 0.3) is 0 Å². The number of halogens is 1. The van der Waals surface area contributed by atoms with Crippen LogP contribution in [0.15, 0.2) is 36.4 Å². The second-order valence-electron chi connectivity index (χ2n) is 5.92. The number of morpholine rings is 1. The summed E-state index contributed by atoms with van der Waals surface area (Å²) >= 11 is 6.24. The van der Waals surface area contributed by atoms with Crippen LogP contribution in [0.3, 0.4) is 0 Å². The summed E-state index contributed by atoms with van der Waals surface area (Å²) < 4.78 is 5.38. The summed E-state index contributed by atoms with van der Waals surface area (Å²) in [6, 6.07) is 10.9. The second-order valence-corrected chi connectivity index (χ2v) is 6.31. The molecule has 1 aromatic heterocycles. The molecule has 0 bridgehead atoms. The van der Waals surface area contributed by atoms with Crippen molar-refractivity contribution in [3.8, 4) is 0 Å². The van der Waals surface area contributed by atoms with Gasteiger partial charge in [-0.15, -0.1) is 0 Å². The minimum atomic E-state index is -0.227. The van der Waals surface area contributed by atoms with Crippen LogP contribution in [0.4, 0.5) is 16.4 Å². The van der Waals surface area contributed by atoms with E-state index in [1.165, 1.54) is 0 Å². The number of ether oxygens (including phenoxy) is 1. The van der Waals surface area contributed by atoms with Crippen molar-refractivity contribution < 1.29 is 9.53 Å². The molecule has 2 fully saturated rings. The number of carbonyl (C=O) groups excluding carboxylic acids is 1. The molecule has 7 nitrogen and oxygen atoms in total. The zero-order chi connectivity index (χ0) is 17.2. The Morgan fingerprint density at radius 3 is 2.68 bits per heavy atom. The van der Waals surface area contributed by atoms with Crippen LogP contribution in [0.5, 0.6) is 0 Å². The number of hydrogen-bond acceptors (Lipinski definition) is 5. The fourth-order valence-electron chi connectivity index (χ4n) is 3.12. The van der Waals surface area contributed by atoms with Crippen LogP contribution in [-0.4, -0.2) is 48.8 Å². The summed E-state index contributed by atoms with van der Waals surface area (Å²) in [6.45, 7) is 3.22. The molecule has 25 heavy (non-hydrogen) atoms. The molecule has 2 aliphatic heterocycles. The van der Waals surface area contributed by atoms with Gasteiger partial charge in [0, 0.05) is 25.3 Å². The first-order valence-electron chi connectivity index (χ1n) is 8.21. The molecule has 130 valence electrons. The fourth-order valence-corrected chi connectivity index (χ4v) is 3.31. The molecule has 1 N–H and O–H groups in total. The Hall–Kier alpha value is -2.38. The van der Waals surface area contributed by atoms with Gasteiger partial charge >= 0.3 is 6.03 Å². The number of urea groups is 1. The van der Waals surface area contributed by atoms with Crippen LogP contribution in [0, 0.1) is 0 Å². The Balaban J connectivity index is 1.68. The van der Waals surface area contributed by atoms with E-state index in [2.05, 4.69) is 15.2 Å². The highest BCUT2D eigenvalue weighted by atomic mass is 35.5. The van der Waals surface area contributed by atoms with E-state index in [1.807, 2.05) is 30.3 Å². The Morgan fingerprint density at radius 1 is 1.16 bits per heavy atom. The lowest BCUT2D eigenvalue weighted by Crippen LogP contribution is -2.38. The molecule has 1 aromatic carbocycles. The Kier molecular flexibility index (Phi) is 4.42. The molecule has 0 aliphatic carbocycles. The second kappa shape index (κ2) is 6.85. The molecular weight excluding hydrogens is 342 g/mol. The van der Waals surface area contributed by atoms with E-state index in [0.29, 0.717) is 30.9 Å². The van der Waals surface area contributed by atoms with E-state index >= 15 is 0 Å². The molecule has 1 atom stereocenters. The molecule has 2 aliphatic rings. The highest BCUT2D eigenvalue weighted by Gasteiger charge is 2.34. The normalized spacial score (nSPS) is 20.7. The SMILES string of the molecule is O=C1NCC(c2cc(Cl)nc(N3CCOCC3)n2)N1c1ccccc1. The average Bonchev–Trinajstić information content (AvgIpc) is 3.04. The van der Waals surface area contributed by atoms with Crippen molar-refractivity contribution >= 4 is 29.3 Å². The Morgan fingerprint density at radius 2 is 1.92 bits per heavy atom. The number of nitrogens with zero attached hydrogens (tertiary/aromatic N) is 4. The number of carbonyl (C=O) groups is 1. The first kappa shape index (κ1) is 16.1. The zero-order valence-corrected chi connectivity index (χ0v) is 14.3. The maximum Gasteiger partial charge on any atom is 0.322 e. The van der Waals surface area contributed by atoms with E-state index in [1.54, 1.807) is 11.0 Å². The smallest absolute Gasteiger partial charge is 0.322 e. The third-order valence-corrected chi connectivity index (χ3v) is 4.54.